The van der Waals surface area contributed by atoms with Crippen LogP contribution in [0.2, 0.25) is 0 Å². The molecule has 0 saturated carbocycles. The quantitative estimate of drug-likeness (QED) is 0.0559. The number of rotatable bonds is 19. The number of nitrogens with one attached hydrogen (secondary N) is 4. The highest BCUT2D eigenvalue weighted by atomic mass is 16.5. The highest BCUT2D eigenvalue weighted by molar-refractivity contribution is 6.12. The number of benzene rings is 1. The largest absolute Gasteiger partial charge is 0.392 e. The second-order valence-corrected chi connectivity index (χ2v) is 9.83. The van der Waals surface area contributed by atoms with Crippen LogP contribution in [-0.4, -0.2) is 102 Å². The molecular weight excluding hydrogens is 592 g/mol. The van der Waals surface area contributed by atoms with Gasteiger partial charge in [0.1, 0.15) is 18.1 Å². The Morgan fingerprint density at radius 3 is 1.98 bits per heavy atom. The van der Waals surface area contributed by atoms with E-state index in [2.05, 4.69) is 27.8 Å². The van der Waals surface area contributed by atoms with Crippen molar-refractivity contribution in [3.8, 4) is 0 Å². The average Bonchev–Trinajstić information content (AvgIpc) is 3.32. The SMILES string of the molecule is C=C(C(N)=O)[C@H](NC(=O)[C@H](C)NC(=O)[C@H](C)NC(=O)CCOCCOCCN1C(=O)C=CC1=O)C(=O)Nc1ccc(CO)cc1. The van der Waals surface area contributed by atoms with Gasteiger partial charge in [-0.15, -0.1) is 0 Å². The zero-order valence-electron chi connectivity index (χ0n) is 25.0. The minimum atomic E-state index is -1.55. The van der Waals surface area contributed by atoms with E-state index in [1.807, 2.05) is 0 Å². The van der Waals surface area contributed by atoms with Crippen LogP contribution in [0.15, 0.2) is 48.6 Å². The van der Waals surface area contributed by atoms with Gasteiger partial charge < -0.3 is 41.6 Å². The van der Waals surface area contributed by atoms with Crippen LogP contribution >= 0.6 is 0 Å². The maximum atomic E-state index is 12.8. The number of nitrogens with zero attached hydrogens (tertiary/aromatic N) is 1. The summed E-state index contributed by atoms with van der Waals surface area (Å²) in [5, 5.41) is 18.9. The van der Waals surface area contributed by atoms with Crippen molar-refractivity contribution >= 4 is 47.0 Å². The number of amides is 7. The van der Waals surface area contributed by atoms with Gasteiger partial charge in [0.05, 0.1) is 39.6 Å². The van der Waals surface area contributed by atoms with E-state index in [9.17, 15) is 33.6 Å². The molecule has 0 spiro atoms. The van der Waals surface area contributed by atoms with Gasteiger partial charge in [0.25, 0.3) is 17.7 Å². The number of hydrogen-bond acceptors (Lipinski definition) is 10. The molecule has 0 aromatic heterocycles. The molecule has 244 valence electrons. The van der Waals surface area contributed by atoms with E-state index >= 15 is 0 Å². The van der Waals surface area contributed by atoms with Crippen LogP contribution in [0.25, 0.3) is 0 Å². The first-order valence-electron chi connectivity index (χ1n) is 13.9. The summed E-state index contributed by atoms with van der Waals surface area (Å²) in [5.41, 5.74) is 5.81. The molecule has 0 aliphatic carbocycles. The van der Waals surface area contributed by atoms with Crippen molar-refractivity contribution < 1.29 is 48.1 Å². The number of nitrogens with two attached hydrogens (primary N) is 1. The van der Waals surface area contributed by atoms with Crippen LogP contribution in [-0.2, 0) is 49.6 Å². The van der Waals surface area contributed by atoms with E-state index in [-0.39, 0.29) is 46.0 Å². The number of aliphatic hydroxyl groups is 1. The van der Waals surface area contributed by atoms with Gasteiger partial charge in [-0.1, -0.05) is 18.7 Å². The summed E-state index contributed by atoms with van der Waals surface area (Å²) in [6.45, 7) is 6.67. The molecule has 16 nitrogen and oxygen atoms in total. The molecule has 3 atom stereocenters. The van der Waals surface area contributed by atoms with Crippen LogP contribution < -0.4 is 27.0 Å². The van der Waals surface area contributed by atoms with Gasteiger partial charge in [0.2, 0.25) is 23.6 Å². The maximum absolute atomic E-state index is 12.8. The molecular formula is C29H38N6O10. The molecule has 1 aromatic rings. The highest BCUT2D eigenvalue weighted by Gasteiger charge is 2.30. The van der Waals surface area contributed by atoms with Crippen LogP contribution in [0.5, 0.6) is 0 Å². The Bertz CT molecular complexity index is 1290. The van der Waals surface area contributed by atoms with E-state index in [0.29, 0.717) is 11.3 Å². The predicted octanol–water partition coefficient (Wildman–Crippen LogP) is -2.00. The van der Waals surface area contributed by atoms with Crippen LogP contribution in [0.4, 0.5) is 5.69 Å². The van der Waals surface area contributed by atoms with Crippen molar-refractivity contribution in [3.63, 3.8) is 0 Å². The van der Waals surface area contributed by atoms with E-state index in [1.165, 1.54) is 38.1 Å². The molecule has 1 aromatic carbocycles. The van der Waals surface area contributed by atoms with Gasteiger partial charge in [-0.05, 0) is 31.5 Å². The third kappa shape index (κ3) is 11.9. The first-order chi connectivity index (χ1) is 21.3. The first-order valence-corrected chi connectivity index (χ1v) is 13.9. The van der Waals surface area contributed by atoms with Gasteiger partial charge in [-0.25, -0.2) is 0 Å². The lowest BCUT2D eigenvalue weighted by Gasteiger charge is -2.23. The van der Waals surface area contributed by atoms with Crippen LogP contribution in [0, 0.1) is 0 Å². The molecule has 1 heterocycles. The van der Waals surface area contributed by atoms with Crippen LogP contribution in [0.3, 0.4) is 0 Å². The zero-order chi connectivity index (χ0) is 33.5. The van der Waals surface area contributed by atoms with Crippen molar-refractivity contribution in [2.45, 2.75) is 45.0 Å². The molecule has 0 fully saturated rings. The lowest BCUT2D eigenvalue weighted by Crippen LogP contribution is -2.55. The number of aliphatic hydroxyl groups excluding tert-OH is 1. The number of ether oxygens (including phenoxy) is 2. The summed E-state index contributed by atoms with van der Waals surface area (Å²) in [5.74, 6) is -4.64. The number of imide groups is 1. The number of carbonyl (C=O) groups is 7. The van der Waals surface area contributed by atoms with E-state index < -0.39 is 65.0 Å². The van der Waals surface area contributed by atoms with Crippen molar-refractivity contribution in [2.24, 2.45) is 5.73 Å². The van der Waals surface area contributed by atoms with E-state index in [0.717, 1.165) is 4.90 Å². The number of carbonyl (C=O) groups excluding carboxylic acids is 7. The second-order valence-electron chi connectivity index (χ2n) is 9.83. The molecule has 16 heteroatoms. The predicted molar refractivity (Wildman–Crippen MR) is 159 cm³/mol. The Kier molecular flexibility index (Phi) is 14.5. The van der Waals surface area contributed by atoms with Gasteiger partial charge in [0, 0.05) is 29.8 Å². The number of anilines is 1. The molecule has 1 aliphatic heterocycles. The van der Waals surface area contributed by atoms with Crippen molar-refractivity contribution in [2.75, 3.05) is 38.3 Å². The standard InChI is InChI=1S/C29H38N6O10/c1-17(26(30)40)25(29(43)33-21-6-4-20(16-36)5-7-21)34-28(42)19(3)32-27(41)18(2)31-22(37)10-12-44-14-15-45-13-11-35-23(38)8-9-24(35)39/h4-9,18-19,25,36H,1,10-16H2,2-3H3,(H2,30,40)(H,31,37)(H,32,41)(H,33,43)(H,34,42)/t18-,19-,25-/m0/s1. The lowest BCUT2D eigenvalue weighted by molar-refractivity contribution is -0.137. The van der Waals surface area contributed by atoms with Crippen molar-refractivity contribution in [1.82, 2.24) is 20.9 Å². The average molecular weight is 631 g/mol. The van der Waals surface area contributed by atoms with Crippen molar-refractivity contribution in [1.29, 1.82) is 0 Å². The Balaban J connectivity index is 1.72. The molecule has 0 saturated heterocycles. The monoisotopic (exact) mass is 630 g/mol. The summed E-state index contributed by atoms with van der Waals surface area (Å²) in [4.78, 5) is 86.1. The molecule has 1 aliphatic rings. The second kappa shape index (κ2) is 18.0. The Morgan fingerprint density at radius 2 is 1.40 bits per heavy atom. The maximum Gasteiger partial charge on any atom is 0.253 e. The summed E-state index contributed by atoms with van der Waals surface area (Å²) in [6, 6.07) is 2.41. The zero-order valence-corrected chi connectivity index (χ0v) is 25.0. The number of primary amides is 1. The van der Waals surface area contributed by atoms with Crippen LogP contribution in [0.1, 0.15) is 25.8 Å². The Labute approximate surface area is 259 Å². The topological polar surface area (TPSA) is 236 Å². The molecule has 7 N–H and O–H groups in total. The fourth-order valence-electron chi connectivity index (χ4n) is 3.71. The van der Waals surface area contributed by atoms with Gasteiger partial charge in [-0.3, -0.25) is 38.5 Å². The molecule has 2 rings (SSSR count). The van der Waals surface area contributed by atoms with Gasteiger partial charge in [-0.2, -0.15) is 0 Å². The summed E-state index contributed by atoms with van der Waals surface area (Å²) >= 11 is 0. The summed E-state index contributed by atoms with van der Waals surface area (Å²) in [7, 11) is 0. The Hall–Kier alpha value is -4.93. The number of hydrogen-bond donors (Lipinski definition) is 6. The normalized spacial score (nSPS) is 14.3. The fraction of sp³-hybridized carbons (Fsp3) is 0.414. The third-order valence-corrected chi connectivity index (χ3v) is 6.35. The first kappa shape index (κ1) is 36.3. The van der Waals surface area contributed by atoms with E-state index in [4.69, 9.17) is 20.3 Å². The molecule has 0 bridgehead atoms. The molecule has 0 radical (unpaired) electrons. The van der Waals surface area contributed by atoms with Gasteiger partial charge >= 0.3 is 0 Å². The highest BCUT2D eigenvalue weighted by Crippen LogP contribution is 2.12. The third-order valence-electron chi connectivity index (χ3n) is 6.35. The lowest BCUT2D eigenvalue weighted by atomic mass is 10.1. The minimum absolute atomic E-state index is 0.0359. The van der Waals surface area contributed by atoms with Gasteiger partial charge in [0.15, 0.2) is 0 Å². The minimum Gasteiger partial charge on any atom is -0.392 e. The van der Waals surface area contributed by atoms with Crippen molar-refractivity contribution in [3.05, 3.63) is 54.1 Å². The molecule has 7 amide bonds. The fourth-order valence-corrected chi connectivity index (χ4v) is 3.71. The summed E-state index contributed by atoms with van der Waals surface area (Å²) < 4.78 is 10.6. The molecule has 45 heavy (non-hydrogen) atoms. The summed E-state index contributed by atoms with van der Waals surface area (Å²) in [6.07, 6.45) is 2.31. The smallest absolute Gasteiger partial charge is 0.253 e. The molecule has 0 unspecified atom stereocenters. The van der Waals surface area contributed by atoms with E-state index in [1.54, 1.807) is 12.1 Å². The Morgan fingerprint density at radius 1 is 0.844 bits per heavy atom.